The maximum Gasteiger partial charge on any atom is 0.310 e. The molecule has 7 heteroatoms. The van der Waals surface area contributed by atoms with Crippen molar-refractivity contribution in [2.75, 3.05) is 27.2 Å². The third-order valence-electron chi connectivity index (χ3n) is 4.23. The number of carbonyl (C=O) groups is 4. The number of fused-ring (bicyclic) bond motifs is 1. The summed E-state index contributed by atoms with van der Waals surface area (Å²) < 4.78 is 4.64. The number of amides is 3. The van der Waals surface area contributed by atoms with Crippen LogP contribution in [0.1, 0.15) is 40.5 Å². The summed E-state index contributed by atoms with van der Waals surface area (Å²) in [5.41, 5.74) is 0.811. The van der Waals surface area contributed by atoms with E-state index >= 15 is 0 Å². The first-order valence-corrected chi connectivity index (χ1v) is 8.13. The molecule has 0 fully saturated rings. The normalized spacial score (nSPS) is 14.3. The molecule has 0 aliphatic carbocycles. The maximum atomic E-state index is 12.2. The van der Waals surface area contributed by atoms with Gasteiger partial charge < -0.3 is 9.64 Å². The van der Waals surface area contributed by atoms with Gasteiger partial charge in [-0.25, -0.2) is 0 Å². The molecule has 0 saturated carbocycles. The highest BCUT2D eigenvalue weighted by Crippen LogP contribution is 2.22. The fourth-order valence-electron chi connectivity index (χ4n) is 2.81. The van der Waals surface area contributed by atoms with Crippen LogP contribution in [-0.4, -0.2) is 60.7 Å². The van der Waals surface area contributed by atoms with Crippen LogP contribution in [0, 0.1) is 5.92 Å². The Morgan fingerprint density at radius 2 is 1.72 bits per heavy atom. The first-order chi connectivity index (χ1) is 11.9. The van der Waals surface area contributed by atoms with Crippen LogP contribution in [0.15, 0.2) is 24.3 Å². The van der Waals surface area contributed by atoms with Gasteiger partial charge in [0.05, 0.1) is 24.2 Å². The SMILES string of the molecule is COC(=O)C(C)CN(C)C(=O)CCCN1C(=O)c2ccccc2C1=O. The number of methoxy groups -OCH3 is 1. The van der Waals surface area contributed by atoms with E-state index in [-0.39, 0.29) is 43.2 Å². The molecule has 134 valence electrons. The highest BCUT2D eigenvalue weighted by molar-refractivity contribution is 6.21. The Bertz CT molecular complexity index is 665. The number of benzene rings is 1. The van der Waals surface area contributed by atoms with Crippen LogP contribution in [0.25, 0.3) is 0 Å². The van der Waals surface area contributed by atoms with E-state index in [9.17, 15) is 19.2 Å². The number of ether oxygens (including phenoxy) is 1. The second-order valence-corrected chi connectivity index (χ2v) is 6.11. The molecule has 25 heavy (non-hydrogen) atoms. The largest absolute Gasteiger partial charge is 0.469 e. The lowest BCUT2D eigenvalue weighted by Crippen LogP contribution is -2.35. The van der Waals surface area contributed by atoms with Gasteiger partial charge in [0.2, 0.25) is 5.91 Å². The van der Waals surface area contributed by atoms with Gasteiger partial charge in [-0.1, -0.05) is 19.1 Å². The molecule has 0 aromatic heterocycles. The zero-order valence-corrected chi connectivity index (χ0v) is 14.7. The van der Waals surface area contributed by atoms with Crippen LogP contribution in [0.3, 0.4) is 0 Å². The van der Waals surface area contributed by atoms with Gasteiger partial charge in [-0.15, -0.1) is 0 Å². The molecule has 1 unspecified atom stereocenters. The minimum atomic E-state index is -0.407. The van der Waals surface area contributed by atoms with E-state index in [0.29, 0.717) is 17.5 Å². The fraction of sp³-hybridized carbons (Fsp3) is 0.444. The van der Waals surface area contributed by atoms with Crippen molar-refractivity contribution in [1.29, 1.82) is 0 Å². The van der Waals surface area contributed by atoms with Gasteiger partial charge in [-0.3, -0.25) is 24.1 Å². The van der Waals surface area contributed by atoms with Gasteiger partial charge in [0, 0.05) is 26.6 Å². The van der Waals surface area contributed by atoms with Crippen molar-refractivity contribution in [2.24, 2.45) is 5.92 Å². The van der Waals surface area contributed by atoms with Crippen molar-refractivity contribution in [2.45, 2.75) is 19.8 Å². The predicted molar refractivity (Wildman–Crippen MR) is 89.9 cm³/mol. The van der Waals surface area contributed by atoms with Crippen LogP contribution >= 0.6 is 0 Å². The average Bonchev–Trinajstić information content (AvgIpc) is 2.85. The smallest absolute Gasteiger partial charge is 0.310 e. The first kappa shape index (κ1) is 18.6. The third kappa shape index (κ3) is 4.04. The molecule has 3 amide bonds. The van der Waals surface area contributed by atoms with Gasteiger partial charge in [0.25, 0.3) is 11.8 Å². The fourth-order valence-corrected chi connectivity index (χ4v) is 2.81. The molecule has 1 heterocycles. The Kier molecular flexibility index (Phi) is 5.90. The monoisotopic (exact) mass is 346 g/mol. The zero-order chi connectivity index (χ0) is 18.6. The van der Waals surface area contributed by atoms with Crippen molar-refractivity contribution in [3.63, 3.8) is 0 Å². The summed E-state index contributed by atoms with van der Waals surface area (Å²) in [4.78, 5) is 50.6. The molecule has 1 atom stereocenters. The summed E-state index contributed by atoms with van der Waals surface area (Å²) >= 11 is 0. The summed E-state index contributed by atoms with van der Waals surface area (Å²) in [6.07, 6.45) is 0.568. The molecule has 0 bridgehead atoms. The van der Waals surface area contributed by atoms with Gasteiger partial charge in [-0.05, 0) is 18.6 Å². The van der Waals surface area contributed by atoms with E-state index in [2.05, 4.69) is 4.74 Å². The van der Waals surface area contributed by atoms with E-state index < -0.39 is 5.92 Å². The first-order valence-electron chi connectivity index (χ1n) is 8.13. The number of esters is 1. The Balaban J connectivity index is 1.83. The van der Waals surface area contributed by atoms with E-state index in [0.717, 1.165) is 0 Å². The van der Waals surface area contributed by atoms with Crippen molar-refractivity contribution < 1.29 is 23.9 Å². The number of imide groups is 1. The molecular formula is C18H22N2O5. The van der Waals surface area contributed by atoms with Crippen molar-refractivity contribution in [1.82, 2.24) is 9.80 Å². The summed E-state index contributed by atoms with van der Waals surface area (Å²) in [5, 5.41) is 0. The Hall–Kier alpha value is -2.70. The van der Waals surface area contributed by atoms with Crippen LogP contribution in [0.2, 0.25) is 0 Å². The minimum Gasteiger partial charge on any atom is -0.469 e. The van der Waals surface area contributed by atoms with Crippen molar-refractivity contribution >= 4 is 23.7 Å². The van der Waals surface area contributed by atoms with E-state index in [1.165, 1.54) is 16.9 Å². The van der Waals surface area contributed by atoms with Crippen LogP contribution in [-0.2, 0) is 14.3 Å². The second-order valence-electron chi connectivity index (χ2n) is 6.11. The number of hydrogen-bond acceptors (Lipinski definition) is 5. The number of hydrogen-bond donors (Lipinski definition) is 0. The quantitative estimate of drug-likeness (QED) is 0.549. The van der Waals surface area contributed by atoms with Gasteiger partial charge in [-0.2, -0.15) is 0 Å². The summed E-state index contributed by atoms with van der Waals surface area (Å²) in [7, 11) is 2.92. The molecule has 0 spiro atoms. The molecule has 1 aliphatic rings. The summed E-state index contributed by atoms with van der Waals surface area (Å²) in [6.45, 7) is 2.14. The summed E-state index contributed by atoms with van der Waals surface area (Å²) in [6, 6.07) is 6.69. The van der Waals surface area contributed by atoms with E-state index in [1.54, 1.807) is 38.2 Å². The second kappa shape index (κ2) is 7.92. The van der Waals surface area contributed by atoms with Crippen molar-refractivity contribution in [3.8, 4) is 0 Å². The lowest BCUT2D eigenvalue weighted by molar-refractivity contribution is -0.146. The predicted octanol–water partition coefficient (Wildman–Crippen LogP) is 1.33. The average molecular weight is 346 g/mol. The third-order valence-corrected chi connectivity index (χ3v) is 4.23. The summed E-state index contributed by atoms with van der Waals surface area (Å²) in [5.74, 6) is -1.56. The van der Waals surface area contributed by atoms with Crippen LogP contribution < -0.4 is 0 Å². The maximum absolute atomic E-state index is 12.2. The number of rotatable bonds is 7. The van der Waals surface area contributed by atoms with E-state index in [1.807, 2.05) is 0 Å². The topological polar surface area (TPSA) is 84.0 Å². The lowest BCUT2D eigenvalue weighted by Gasteiger charge is -2.21. The highest BCUT2D eigenvalue weighted by atomic mass is 16.5. The minimum absolute atomic E-state index is 0.146. The Morgan fingerprint density at radius 1 is 1.16 bits per heavy atom. The number of nitrogens with zero attached hydrogens (tertiary/aromatic N) is 2. The van der Waals surface area contributed by atoms with Crippen LogP contribution in [0.4, 0.5) is 0 Å². The molecule has 2 rings (SSSR count). The molecule has 0 N–H and O–H groups in total. The molecular weight excluding hydrogens is 324 g/mol. The lowest BCUT2D eigenvalue weighted by atomic mass is 10.1. The van der Waals surface area contributed by atoms with Gasteiger partial charge >= 0.3 is 5.97 Å². The molecule has 0 saturated heterocycles. The standard InChI is InChI=1S/C18H22N2O5/c1-12(18(24)25-3)11-19(2)15(21)9-6-10-20-16(22)13-7-4-5-8-14(13)17(20)23/h4-5,7-8,12H,6,9-11H2,1-3H3. The molecule has 1 aromatic carbocycles. The van der Waals surface area contributed by atoms with E-state index in [4.69, 9.17) is 0 Å². The molecule has 1 aromatic rings. The Labute approximate surface area is 146 Å². The van der Waals surface area contributed by atoms with Crippen LogP contribution in [0.5, 0.6) is 0 Å². The number of carbonyl (C=O) groups excluding carboxylic acids is 4. The molecule has 1 aliphatic heterocycles. The van der Waals surface area contributed by atoms with Gasteiger partial charge in [0.1, 0.15) is 0 Å². The highest BCUT2D eigenvalue weighted by Gasteiger charge is 2.34. The van der Waals surface area contributed by atoms with Gasteiger partial charge in [0.15, 0.2) is 0 Å². The zero-order valence-electron chi connectivity index (χ0n) is 14.7. The Morgan fingerprint density at radius 3 is 2.24 bits per heavy atom. The van der Waals surface area contributed by atoms with Crippen molar-refractivity contribution in [3.05, 3.63) is 35.4 Å². The molecule has 7 nitrogen and oxygen atoms in total. The molecule has 0 radical (unpaired) electrons.